The predicted octanol–water partition coefficient (Wildman–Crippen LogP) is 4.59. The molecule has 2 N–H and O–H groups in total. The molecule has 0 bridgehead atoms. The maximum Gasteiger partial charge on any atom is 0.308 e. The Hall–Kier alpha value is -3.52. The summed E-state index contributed by atoms with van der Waals surface area (Å²) in [7, 11) is 0. The quantitative estimate of drug-likeness (QED) is 0.231. The van der Waals surface area contributed by atoms with Gasteiger partial charge in [-0.15, -0.1) is 13.2 Å². The van der Waals surface area contributed by atoms with Gasteiger partial charge < -0.3 is 19.9 Å². The third kappa shape index (κ3) is 8.33. The summed E-state index contributed by atoms with van der Waals surface area (Å²) in [4.78, 5) is 29.0. The van der Waals surface area contributed by atoms with E-state index in [0.717, 1.165) is 12.8 Å². The van der Waals surface area contributed by atoms with E-state index >= 15 is 0 Å². The van der Waals surface area contributed by atoms with Crippen molar-refractivity contribution in [1.29, 1.82) is 0 Å². The molecule has 0 saturated carbocycles. The standard InChI is InChI=1S/C27H33FN2O5/c1-5-8-9-11-35-24-14-21(28)12-18(4)26(24)20-13-19(16-29-17-20)22(15-25(32)34-7-3)30-27(33)23(31)10-6-2/h5-6,12-14,16-17,22-23,31H,1-2,7-11,15H2,3-4H3,(H,30,33)/t22-,23+/m0/s1. The van der Waals surface area contributed by atoms with Crippen molar-refractivity contribution in [2.24, 2.45) is 0 Å². The molecule has 35 heavy (non-hydrogen) atoms. The number of allylic oxidation sites excluding steroid dienone is 1. The lowest BCUT2D eigenvalue weighted by molar-refractivity contribution is -0.144. The number of aliphatic hydroxyl groups is 1. The maximum atomic E-state index is 14.2. The number of ether oxygens (including phenoxy) is 2. The van der Waals surface area contributed by atoms with E-state index in [0.29, 0.717) is 34.6 Å². The van der Waals surface area contributed by atoms with Gasteiger partial charge in [0.25, 0.3) is 0 Å². The molecule has 2 atom stereocenters. The average molecular weight is 485 g/mol. The SMILES string of the molecule is C=CCCCOc1cc(F)cc(C)c1-c1cncc([C@H](CC(=O)OCC)NC(=O)[C@H](O)CC=C)c1. The van der Waals surface area contributed by atoms with E-state index in [4.69, 9.17) is 9.47 Å². The normalized spacial score (nSPS) is 12.3. The minimum atomic E-state index is -1.30. The Labute approximate surface area is 205 Å². The molecule has 8 heteroatoms. The monoisotopic (exact) mass is 484 g/mol. The van der Waals surface area contributed by atoms with Crippen LogP contribution in [-0.4, -0.2) is 41.3 Å². The fourth-order valence-corrected chi connectivity index (χ4v) is 3.56. The highest BCUT2D eigenvalue weighted by Gasteiger charge is 2.24. The first kappa shape index (κ1) is 27.7. The number of aryl methyl sites for hydroxylation is 1. The molecule has 1 aromatic heterocycles. The van der Waals surface area contributed by atoms with E-state index in [1.165, 1.54) is 24.4 Å². The van der Waals surface area contributed by atoms with Gasteiger partial charge in [0, 0.05) is 36.0 Å². The number of amides is 1. The summed E-state index contributed by atoms with van der Waals surface area (Å²) < 4.78 is 25.1. The van der Waals surface area contributed by atoms with E-state index in [2.05, 4.69) is 23.5 Å². The molecule has 0 aliphatic rings. The molecule has 0 fully saturated rings. The van der Waals surface area contributed by atoms with Crippen LogP contribution in [0, 0.1) is 12.7 Å². The molecule has 7 nitrogen and oxygen atoms in total. The molecule has 0 saturated heterocycles. The smallest absolute Gasteiger partial charge is 0.308 e. The molecule has 0 aliphatic carbocycles. The number of carbonyl (C=O) groups is 2. The Kier molecular flexibility index (Phi) is 11.1. The summed E-state index contributed by atoms with van der Waals surface area (Å²) in [6.07, 6.45) is 6.47. The maximum absolute atomic E-state index is 14.2. The molecule has 2 rings (SSSR count). The van der Waals surface area contributed by atoms with Gasteiger partial charge in [-0.3, -0.25) is 14.6 Å². The zero-order valence-electron chi connectivity index (χ0n) is 20.3. The number of benzene rings is 1. The molecule has 1 heterocycles. The number of nitrogens with one attached hydrogen (secondary N) is 1. The van der Waals surface area contributed by atoms with Crippen molar-refractivity contribution in [2.45, 2.75) is 51.7 Å². The number of aliphatic hydroxyl groups excluding tert-OH is 1. The van der Waals surface area contributed by atoms with Crippen LogP contribution in [0.4, 0.5) is 4.39 Å². The highest BCUT2D eigenvalue weighted by Crippen LogP contribution is 2.35. The number of nitrogens with zero attached hydrogens (tertiary/aromatic N) is 1. The molecular formula is C27H33FN2O5. The first-order valence-corrected chi connectivity index (χ1v) is 11.5. The number of hydrogen-bond donors (Lipinski definition) is 2. The van der Waals surface area contributed by atoms with Crippen LogP contribution in [0.15, 0.2) is 55.9 Å². The summed E-state index contributed by atoms with van der Waals surface area (Å²) in [5.41, 5.74) is 2.46. The molecule has 1 aromatic carbocycles. The number of aromatic nitrogens is 1. The number of carbonyl (C=O) groups excluding carboxylic acids is 2. The van der Waals surface area contributed by atoms with Crippen LogP contribution in [0.1, 0.15) is 49.8 Å². The second-order valence-corrected chi connectivity index (χ2v) is 7.99. The third-order valence-corrected chi connectivity index (χ3v) is 5.21. The summed E-state index contributed by atoms with van der Waals surface area (Å²) in [5.74, 6) is -1.20. The topological polar surface area (TPSA) is 97.8 Å². The van der Waals surface area contributed by atoms with Gasteiger partial charge in [0.2, 0.25) is 5.91 Å². The van der Waals surface area contributed by atoms with Gasteiger partial charge in [0.05, 0.1) is 25.7 Å². The Morgan fingerprint density at radius 2 is 2.00 bits per heavy atom. The fourth-order valence-electron chi connectivity index (χ4n) is 3.56. The molecule has 2 aromatic rings. The average Bonchev–Trinajstić information content (AvgIpc) is 2.81. The van der Waals surface area contributed by atoms with E-state index in [9.17, 15) is 19.1 Å². The van der Waals surface area contributed by atoms with E-state index in [-0.39, 0.29) is 19.4 Å². The summed E-state index contributed by atoms with van der Waals surface area (Å²) >= 11 is 0. The summed E-state index contributed by atoms with van der Waals surface area (Å²) in [6.45, 7) is 11.3. The van der Waals surface area contributed by atoms with Crippen molar-refractivity contribution < 1.29 is 28.6 Å². The zero-order valence-corrected chi connectivity index (χ0v) is 20.3. The van der Waals surface area contributed by atoms with Crippen LogP contribution in [0.25, 0.3) is 11.1 Å². The molecule has 1 amide bonds. The van der Waals surface area contributed by atoms with Gasteiger partial charge >= 0.3 is 5.97 Å². The Morgan fingerprint density at radius 3 is 2.69 bits per heavy atom. The molecule has 0 unspecified atom stereocenters. The van der Waals surface area contributed by atoms with Crippen LogP contribution in [0.5, 0.6) is 5.75 Å². The first-order chi connectivity index (χ1) is 16.8. The molecule has 0 aliphatic heterocycles. The van der Waals surface area contributed by atoms with Crippen molar-refractivity contribution in [3.05, 3.63) is 72.8 Å². The van der Waals surface area contributed by atoms with E-state index < -0.39 is 29.8 Å². The van der Waals surface area contributed by atoms with E-state index in [1.807, 2.05) is 0 Å². The number of unbranched alkanes of at least 4 members (excludes halogenated alkanes) is 1. The number of rotatable bonds is 14. The molecule has 0 spiro atoms. The number of halogens is 1. The van der Waals surface area contributed by atoms with Crippen molar-refractivity contribution in [3.63, 3.8) is 0 Å². The zero-order chi connectivity index (χ0) is 25.8. The molecule has 0 radical (unpaired) electrons. The summed E-state index contributed by atoms with van der Waals surface area (Å²) in [6, 6.07) is 3.69. The minimum Gasteiger partial charge on any atom is -0.493 e. The number of pyridine rings is 1. The van der Waals surface area contributed by atoms with Crippen LogP contribution >= 0.6 is 0 Å². The lowest BCUT2D eigenvalue weighted by Crippen LogP contribution is -2.38. The first-order valence-electron chi connectivity index (χ1n) is 11.5. The highest BCUT2D eigenvalue weighted by molar-refractivity contribution is 5.82. The minimum absolute atomic E-state index is 0.0670. The van der Waals surface area contributed by atoms with Crippen LogP contribution < -0.4 is 10.1 Å². The van der Waals surface area contributed by atoms with Crippen LogP contribution in [0.3, 0.4) is 0 Å². The summed E-state index contributed by atoms with van der Waals surface area (Å²) in [5, 5.41) is 12.7. The Bertz CT molecular complexity index is 1040. The number of esters is 1. The van der Waals surface area contributed by atoms with Gasteiger partial charge in [0.1, 0.15) is 17.7 Å². The van der Waals surface area contributed by atoms with Gasteiger partial charge in [-0.05, 0) is 49.9 Å². The predicted molar refractivity (Wildman–Crippen MR) is 132 cm³/mol. The lowest BCUT2D eigenvalue weighted by Gasteiger charge is -2.21. The molecule has 188 valence electrons. The third-order valence-electron chi connectivity index (χ3n) is 5.21. The second-order valence-electron chi connectivity index (χ2n) is 7.99. The second kappa shape index (κ2) is 14.0. The fraction of sp³-hybridized carbons (Fsp3) is 0.370. The highest BCUT2D eigenvalue weighted by atomic mass is 19.1. The van der Waals surface area contributed by atoms with Crippen molar-refractivity contribution in [3.8, 4) is 16.9 Å². The largest absolute Gasteiger partial charge is 0.493 e. The lowest BCUT2D eigenvalue weighted by atomic mass is 9.96. The number of hydrogen-bond acceptors (Lipinski definition) is 6. The van der Waals surface area contributed by atoms with Crippen molar-refractivity contribution in [2.75, 3.05) is 13.2 Å². The van der Waals surface area contributed by atoms with Crippen LogP contribution in [-0.2, 0) is 14.3 Å². The van der Waals surface area contributed by atoms with Gasteiger partial charge in [-0.25, -0.2) is 4.39 Å². The molecular weight excluding hydrogens is 451 g/mol. The van der Waals surface area contributed by atoms with Crippen LogP contribution in [0.2, 0.25) is 0 Å². The Balaban J connectivity index is 2.43. The van der Waals surface area contributed by atoms with Crippen molar-refractivity contribution in [1.82, 2.24) is 10.3 Å². The van der Waals surface area contributed by atoms with Crippen molar-refractivity contribution >= 4 is 11.9 Å². The van der Waals surface area contributed by atoms with E-state index in [1.54, 1.807) is 32.2 Å². The van der Waals surface area contributed by atoms with Gasteiger partial charge in [0.15, 0.2) is 0 Å². The van der Waals surface area contributed by atoms with Gasteiger partial charge in [-0.2, -0.15) is 0 Å². The van der Waals surface area contributed by atoms with Gasteiger partial charge in [-0.1, -0.05) is 12.2 Å². The Morgan fingerprint density at radius 1 is 1.23 bits per heavy atom.